The fraction of sp³-hybridized carbons (Fsp3) is 1.00. The molecular formula is C11H20O4. The molecule has 2 rings (SSSR count). The maximum Gasteiger partial charge on any atom is 0.146 e. The molecule has 0 aromatic rings. The van der Waals surface area contributed by atoms with Crippen LogP contribution in [0, 0.1) is 23.7 Å². The van der Waals surface area contributed by atoms with Gasteiger partial charge in [0.05, 0.1) is 6.10 Å². The van der Waals surface area contributed by atoms with Crippen molar-refractivity contribution in [3.05, 3.63) is 0 Å². The van der Waals surface area contributed by atoms with Crippen LogP contribution in [-0.2, 0) is 9.47 Å². The summed E-state index contributed by atoms with van der Waals surface area (Å²) in [5.74, 6) is 1.26. The summed E-state index contributed by atoms with van der Waals surface area (Å²) in [5.41, 5.74) is 0. The van der Waals surface area contributed by atoms with E-state index < -0.39 is 0 Å². The molecule has 0 saturated heterocycles. The second-order valence-electron chi connectivity index (χ2n) is 4.64. The number of aliphatic hydroxyl groups is 2. The largest absolute Gasteiger partial charge is 0.396 e. The van der Waals surface area contributed by atoms with E-state index >= 15 is 0 Å². The van der Waals surface area contributed by atoms with E-state index in [0.717, 1.165) is 12.8 Å². The first-order chi connectivity index (χ1) is 7.33. The molecule has 5 atom stereocenters. The van der Waals surface area contributed by atoms with Gasteiger partial charge in [-0.2, -0.15) is 0 Å². The quantitative estimate of drug-likeness (QED) is 0.646. The number of rotatable bonds is 5. The van der Waals surface area contributed by atoms with E-state index in [0.29, 0.717) is 18.6 Å². The Kier molecular flexibility index (Phi) is 3.61. The Labute approximate surface area is 90.2 Å². The van der Waals surface area contributed by atoms with Gasteiger partial charge in [0.2, 0.25) is 0 Å². The Morgan fingerprint density at radius 2 is 1.60 bits per heavy atom. The molecule has 0 radical (unpaired) electrons. The number of fused-ring (bicyclic) bond motifs is 2. The third kappa shape index (κ3) is 1.80. The van der Waals surface area contributed by atoms with Crippen molar-refractivity contribution in [1.82, 2.24) is 0 Å². The lowest BCUT2D eigenvalue weighted by atomic mass is 9.80. The van der Waals surface area contributed by atoms with E-state index in [9.17, 15) is 10.2 Å². The molecule has 2 bridgehead atoms. The lowest BCUT2D eigenvalue weighted by Gasteiger charge is -2.26. The summed E-state index contributed by atoms with van der Waals surface area (Å²) >= 11 is 0. The van der Waals surface area contributed by atoms with Gasteiger partial charge < -0.3 is 19.7 Å². The van der Waals surface area contributed by atoms with Crippen molar-refractivity contribution in [2.45, 2.75) is 18.9 Å². The van der Waals surface area contributed by atoms with Crippen LogP contribution in [0.5, 0.6) is 0 Å². The average molecular weight is 216 g/mol. The number of hydrogen-bond donors (Lipinski definition) is 2. The molecule has 2 N–H and O–H groups in total. The summed E-state index contributed by atoms with van der Waals surface area (Å²) in [4.78, 5) is 0. The molecule has 0 aromatic heterocycles. The van der Waals surface area contributed by atoms with Crippen LogP contribution in [0.3, 0.4) is 0 Å². The fourth-order valence-electron chi connectivity index (χ4n) is 3.52. The highest BCUT2D eigenvalue weighted by molar-refractivity contribution is 5.02. The second kappa shape index (κ2) is 4.78. The molecule has 0 amide bonds. The molecule has 4 heteroatoms. The minimum atomic E-state index is 0.166. The number of ether oxygens (including phenoxy) is 2. The number of hydrogen-bond acceptors (Lipinski definition) is 4. The molecule has 0 spiro atoms. The van der Waals surface area contributed by atoms with Crippen LogP contribution in [0.25, 0.3) is 0 Å². The van der Waals surface area contributed by atoms with Crippen LogP contribution < -0.4 is 0 Å². The van der Waals surface area contributed by atoms with E-state index in [1.54, 1.807) is 7.11 Å². The summed E-state index contributed by atoms with van der Waals surface area (Å²) in [7, 11) is 1.61. The van der Waals surface area contributed by atoms with Gasteiger partial charge in [-0.15, -0.1) is 0 Å². The third-order valence-electron chi connectivity index (χ3n) is 4.13. The summed E-state index contributed by atoms with van der Waals surface area (Å²) < 4.78 is 10.6. The van der Waals surface area contributed by atoms with E-state index in [-0.39, 0.29) is 31.2 Å². The van der Waals surface area contributed by atoms with Gasteiger partial charge in [-0.05, 0) is 36.5 Å². The molecule has 0 aromatic carbocycles. The van der Waals surface area contributed by atoms with Crippen molar-refractivity contribution in [2.75, 3.05) is 27.1 Å². The average Bonchev–Trinajstić information content (AvgIpc) is 2.79. The zero-order valence-electron chi connectivity index (χ0n) is 9.13. The zero-order chi connectivity index (χ0) is 10.8. The summed E-state index contributed by atoms with van der Waals surface area (Å²) in [6, 6.07) is 0. The van der Waals surface area contributed by atoms with Crippen LogP contribution >= 0.6 is 0 Å². The van der Waals surface area contributed by atoms with E-state index in [4.69, 9.17) is 9.47 Å². The Morgan fingerprint density at radius 1 is 1.07 bits per heavy atom. The van der Waals surface area contributed by atoms with Crippen molar-refractivity contribution in [1.29, 1.82) is 0 Å². The molecule has 88 valence electrons. The fourth-order valence-corrected chi connectivity index (χ4v) is 3.52. The molecule has 2 aliphatic carbocycles. The Balaban J connectivity index is 2.02. The van der Waals surface area contributed by atoms with Crippen molar-refractivity contribution in [3.63, 3.8) is 0 Å². The monoisotopic (exact) mass is 216 g/mol. The van der Waals surface area contributed by atoms with Crippen LogP contribution in [0.4, 0.5) is 0 Å². The van der Waals surface area contributed by atoms with Gasteiger partial charge in [-0.1, -0.05) is 0 Å². The molecular weight excluding hydrogens is 196 g/mol. The molecule has 2 saturated carbocycles. The van der Waals surface area contributed by atoms with E-state index in [2.05, 4.69) is 0 Å². The third-order valence-corrected chi connectivity index (χ3v) is 4.13. The van der Waals surface area contributed by atoms with Crippen molar-refractivity contribution in [3.8, 4) is 0 Å². The van der Waals surface area contributed by atoms with Crippen LogP contribution in [0.15, 0.2) is 0 Å². The molecule has 2 aliphatic rings. The first-order valence-electron chi connectivity index (χ1n) is 5.65. The standard InChI is InChI=1S/C11H20O4/c1-14-6-15-11-7-2-3-8(11)10(5-13)9(7)4-12/h7-13H,2-6H2,1H3/t7-,8+,9-,10-,11?/m0/s1. The maximum absolute atomic E-state index is 9.33. The highest BCUT2D eigenvalue weighted by Crippen LogP contribution is 2.53. The van der Waals surface area contributed by atoms with Crippen LogP contribution in [0.2, 0.25) is 0 Å². The van der Waals surface area contributed by atoms with Gasteiger partial charge in [0, 0.05) is 20.3 Å². The van der Waals surface area contributed by atoms with Crippen LogP contribution in [-0.4, -0.2) is 43.4 Å². The Hall–Kier alpha value is -0.160. The Bertz CT molecular complexity index is 191. The SMILES string of the molecule is COCOC1[C@H]2CC[C@@H]1[C@H](CO)[C@H]2CO. The minimum Gasteiger partial charge on any atom is -0.396 e. The topological polar surface area (TPSA) is 58.9 Å². The lowest BCUT2D eigenvalue weighted by molar-refractivity contribution is -0.0905. The van der Waals surface area contributed by atoms with Gasteiger partial charge >= 0.3 is 0 Å². The summed E-state index contributed by atoms with van der Waals surface area (Å²) in [6.07, 6.45) is 2.40. The normalized spacial score (nSPS) is 43.8. The molecule has 0 aliphatic heterocycles. The minimum absolute atomic E-state index is 0.166. The number of aliphatic hydroxyl groups excluding tert-OH is 2. The predicted molar refractivity (Wildman–Crippen MR) is 54.1 cm³/mol. The molecule has 15 heavy (non-hydrogen) atoms. The van der Waals surface area contributed by atoms with Gasteiger partial charge in [-0.25, -0.2) is 0 Å². The van der Waals surface area contributed by atoms with Crippen LogP contribution in [0.1, 0.15) is 12.8 Å². The number of methoxy groups -OCH3 is 1. The molecule has 4 nitrogen and oxygen atoms in total. The van der Waals surface area contributed by atoms with Gasteiger partial charge in [0.15, 0.2) is 0 Å². The molecule has 1 unspecified atom stereocenters. The van der Waals surface area contributed by atoms with Gasteiger partial charge in [-0.3, -0.25) is 0 Å². The van der Waals surface area contributed by atoms with Gasteiger partial charge in [0.1, 0.15) is 6.79 Å². The zero-order valence-corrected chi connectivity index (χ0v) is 9.13. The van der Waals surface area contributed by atoms with E-state index in [1.807, 2.05) is 0 Å². The first-order valence-corrected chi connectivity index (χ1v) is 5.65. The summed E-state index contributed by atoms with van der Waals surface area (Å²) in [5, 5.41) is 18.7. The Morgan fingerprint density at radius 3 is 2.00 bits per heavy atom. The van der Waals surface area contributed by atoms with Crippen molar-refractivity contribution < 1.29 is 19.7 Å². The van der Waals surface area contributed by atoms with E-state index in [1.165, 1.54) is 0 Å². The van der Waals surface area contributed by atoms with Crippen molar-refractivity contribution >= 4 is 0 Å². The molecule has 2 fully saturated rings. The van der Waals surface area contributed by atoms with Gasteiger partial charge in [0.25, 0.3) is 0 Å². The highest BCUT2D eigenvalue weighted by Gasteiger charge is 2.54. The molecule has 0 heterocycles. The highest BCUT2D eigenvalue weighted by atomic mass is 16.7. The lowest BCUT2D eigenvalue weighted by Crippen LogP contribution is -2.27. The predicted octanol–water partition coefficient (Wildman–Crippen LogP) is 0.232. The maximum atomic E-state index is 9.33. The van der Waals surface area contributed by atoms with Crippen molar-refractivity contribution in [2.24, 2.45) is 23.7 Å². The summed E-state index contributed by atoms with van der Waals surface area (Å²) in [6.45, 7) is 0.645. The smallest absolute Gasteiger partial charge is 0.146 e. The first kappa shape index (κ1) is 11.3. The second-order valence-corrected chi connectivity index (χ2v) is 4.64.